The molecule has 1 aliphatic carbocycles. The van der Waals surface area contributed by atoms with Crippen LogP contribution in [0.5, 0.6) is 0 Å². The third-order valence-corrected chi connectivity index (χ3v) is 3.66. The highest BCUT2D eigenvalue weighted by molar-refractivity contribution is 5.90. The van der Waals surface area contributed by atoms with Crippen LogP contribution in [-0.4, -0.2) is 27.1 Å². The predicted octanol–water partition coefficient (Wildman–Crippen LogP) is 2.60. The number of hydrogen-bond acceptors (Lipinski definition) is 3. The highest BCUT2D eigenvalue weighted by atomic mass is 16.2. The predicted molar refractivity (Wildman–Crippen MR) is 74.0 cm³/mol. The summed E-state index contributed by atoms with van der Waals surface area (Å²) in [7, 11) is 0. The van der Waals surface area contributed by atoms with Crippen LogP contribution in [0.3, 0.4) is 0 Å². The van der Waals surface area contributed by atoms with Crippen molar-refractivity contribution in [2.75, 3.05) is 0 Å². The zero-order chi connectivity index (χ0) is 13.5. The SMILES string of the molecule is CCCc1nc(C(=O)NC2CCCCCCC2)n[nH]1. The molecule has 0 spiro atoms. The van der Waals surface area contributed by atoms with Gasteiger partial charge in [0.05, 0.1) is 0 Å². The van der Waals surface area contributed by atoms with E-state index in [0.717, 1.165) is 31.5 Å². The van der Waals surface area contributed by atoms with Crippen molar-refractivity contribution in [3.05, 3.63) is 11.6 Å². The van der Waals surface area contributed by atoms with Crippen LogP contribution in [0.25, 0.3) is 0 Å². The molecule has 5 heteroatoms. The third kappa shape index (κ3) is 4.33. The summed E-state index contributed by atoms with van der Waals surface area (Å²) in [5, 5.41) is 9.89. The second-order valence-electron chi connectivity index (χ2n) is 5.37. The van der Waals surface area contributed by atoms with E-state index in [1.54, 1.807) is 0 Å². The van der Waals surface area contributed by atoms with Crippen molar-refractivity contribution in [1.29, 1.82) is 0 Å². The third-order valence-electron chi connectivity index (χ3n) is 3.66. The molecule has 0 atom stereocenters. The second kappa shape index (κ2) is 7.26. The molecule has 1 aromatic heterocycles. The van der Waals surface area contributed by atoms with E-state index in [4.69, 9.17) is 0 Å². The quantitative estimate of drug-likeness (QED) is 0.878. The summed E-state index contributed by atoms with van der Waals surface area (Å²) >= 11 is 0. The van der Waals surface area contributed by atoms with Crippen molar-refractivity contribution in [3.8, 4) is 0 Å². The first-order chi connectivity index (χ1) is 9.29. The van der Waals surface area contributed by atoms with E-state index in [2.05, 4.69) is 27.4 Å². The number of aryl methyl sites for hydroxylation is 1. The number of nitrogens with one attached hydrogen (secondary N) is 2. The molecule has 1 heterocycles. The average Bonchev–Trinajstić information content (AvgIpc) is 2.81. The van der Waals surface area contributed by atoms with Gasteiger partial charge in [0.2, 0.25) is 5.82 Å². The Balaban J connectivity index is 1.87. The molecule has 1 aliphatic rings. The molecule has 0 aromatic carbocycles. The number of nitrogens with zero attached hydrogens (tertiary/aromatic N) is 2. The number of aromatic nitrogens is 3. The first-order valence-corrected chi connectivity index (χ1v) is 7.51. The zero-order valence-corrected chi connectivity index (χ0v) is 11.7. The molecule has 0 bridgehead atoms. The van der Waals surface area contributed by atoms with E-state index in [1.807, 2.05) is 0 Å². The van der Waals surface area contributed by atoms with Gasteiger partial charge >= 0.3 is 0 Å². The van der Waals surface area contributed by atoms with Gasteiger partial charge in [-0.25, -0.2) is 4.98 Å². The Bertz CT molecular complexity index is 394. The summed E-state index contributed by atoms with van der Waals surface area (Å²) in [5.74, 6) is 0.944. The van der Waals surface area contributed by atoms with E-state index in [0.29, 0.717) is 6.04 Å². The standard InChI is InChI=1S/C14H24N4O/c1-2-8-12-16-13(18-17-12)14(19)15-11-9-6-4-3-5-7-10-11/h11H,2-10H2,1H3,(H,15,19)(H,16,17,18). The summed E-state index contributed by atoms with van der Waals surface area (Å²) in [6, 6.07) is 0.293. The highest BCUT2D eigenvalue weighted by Crippen LogP contribution is 2.17. The molecule has 1 saturated carbocycles. The second-order valence-corrected chi connectivity index (χ2v) is 5.37. The number of amides is 1. The molecule has 2 rings (SSSR count). The Morgan fingerprint density at radius 2 is 1.95 bits per heavy atom. The van der Waals surface area contributed by atoms with Gasteiger partial charge in [0, 0.05) is 12.5 Å². The van der Waals surface area contributed by atoms with Crippen LogP contribution in [-0.2, 0) is 6.42 Å². The van der Waals surface area contributed by atoms with Gasteiger partial charge in [-0.3, -0.25) is 9.89 Å². The lowest BCUT2D eigenvalue weighted by molar-refractivity contribution is 0.0920. The molecule has 0 aliphatic heterocycles. The maximum Gasteiger partial charge on any atom is 0.291 e. The van der Waals surface area contributed by atoms with Gasteiger partial charge in [0.1, 0.15) is 5.82 Å². The van der Waals surface area contributed by atoms with Crippen LogP contribution in [0, 0.1) is 0 Å². The monoisotopic (exact) mass is 264 g/mol. The van der Waals surface area contributed by atoms with Gasteiger partial charge in [-0.05, 0) is 19.3 Å². The van der Waals surface area contributed by atoms with Gasteiger partial charge in [0.25, 0.3) is 5.91 Å². The number of carbonyl (C=O) groups is 1. The minimum absolute atomic E-state index is 0.135. The Morgan fingerprint density at radius 1 is 1.26 bits per heavy atom. The van der Waals surface area contributed by atoms with Gasteiger partial charge in [-0.15, -0.1) is 5.10 Å². The molecule has 19 heavy (non-hydrogen) atoms. The summed E-state index contributed by atoms with van der Waals surface area (Å²) < 4.78 is 0. The number of carbonyl (C=O) groups excluding carboxylic acids is 1. The maximum atomic E-state index is 12.1. The normalized spacial score (nSPS) is 17.7. The van der Waals surface area contributed by atoms with E-state index in [9.17, 15) is 4.79 Å². The maximum absolute atomic E-state index is 12.1. The zero-order valence-electron chi connectivity index (χ0n) is 11.7. The van der Waals surface area contributed by atoms with Crippen molar-refractivity contribution in [2.24, 2.45) is 0 Å². The minimum Gasteiger partial charge on any atom is -0.347 e. The first-order valence-electron chi connectivity index (χ1n) is 7.51. The summed E-state index contributed by atoms with van der Waals surface area (Å²) in [4.78, 5) is 16.3. The van der Waals surface area contributed by atoms with Gasteiger partial charge in [-0.2, -0.15) is 0 Å². The van der Waals surface area contributed by atoms with Gasteiger partial charge in [-0.1, -0.05) is 39.0 Å². The Hall–Kier alpha value is -1.39. The molecule has 0 radical (unpaired) electrons. The fraction of sp³-hybridized carbons (Fsp3) is 0.786. The van der Waals surface area contributed by atoms with Crippen molar-refractivity contribution in [3.63, 3.8) is 0 Å². The molecule has 0 unspecified atom stereocenters. The Labute approximate surface area is 114 Å². The largest absolute Gasteiger partial charge is 0.347 e. The number of aromatic amines is 1. The van der Waals surface area contributed by atoms with Crippen LogP contribution in [0.2, 0.25) is 0 Å². The van der Waals surface area contributed by atoms with Crippen LogP contribution in [0.4, 0.5) is 0 Å². The fourth-order valence-electron chi connectivity index (χ4n) is 2.60. The van der Waals surface area contributed by atoms with Crippen LogP contribution in [0.15, 0.2) is 0 Å². The Morgan fingerprint density at radius 3 is 2.63 bits per heavy atom. The highest BCUT2D eigenvalue weighted by Gasteiger charge is 2.18. The molecule has 106 valence electrons. The summed E-state index contributed by atoms with van der Waals surface area (Å²) in [5.41, 5.74) is 0. The van der Waals surface area contributed by atoms with E-state index < -0.39 is 0 Å². The molecular weight excluding hydrogens is 240 g/mol. The lowest BCUT2D eigenvalue weighted by Crippen LogP contribution is -2.35. The molecule has 1 aromatic rings. The van der Waals surface area contributed by atoms with E-state index in [1.165, 1.54) is 32.1 Å². The first kappa shape index (κ1) is 14.0. The molecular formula is C14H24N4O. The van der Waals surface area contributed by atoms with Gasteiger partial charge in [0.15, 0.2) is 0 Å². The van der Waals surface area contributed by atoms with E-state index in [-0.39, 0.29) is 11.7 Å². The lowest BCUT2D eigenvalue weighted by atomic mass is 9.97. The number of rotatable bonds is 4. The van der Waals surface area contributed by atoms with Crippen molar-refractivity contribution in [1.82, 2.24) is 20.5 Å². The van der Waals surface area contributed by atoms with Crippen LogP contribution >= 0.6 is 0 Å². The number of hydrogen-bond donors (Lipinski definition) is 2. The van der Waals surface area contributed by atoms with Crippen molar-refractivity contribution in [2.45, 2.75) is 70.8 Å². The summed E-state index contributed by atoms with van der Waals surface area (Å²) in [6.07, 6.45) is 10.3. The van der Waals surface area contributed by atoms with Crippen LogP contribution in [0.1, 0.15) is 74.7 Å². The fourth-order valence-corrected chi connectivity index (χ4v) is 2.60. The lowest BCUT2D eigenvalue weighted by Gasteiger charge is -2.20. The topological polar surface area (TPSA) is 70.7 Å². The average molecular weight is 264 g/mol. The summed E-state index contributed by atoms with van der Waals surface area (Å²) in [6.45, 7) is 2.08. The number of H-pyrrole nitrogens is 1. The Kier molecular flexibility index (Phi) is 5.36. The molecule has 5 nitrogen and oxygen atoms in total. The van der Waals surface area contributed by atoms with Crippen molar-refractivity contribution >= 4 is 5.91 Å². The molecule has 1 amide bonds. The van der Waals surface area contributed by atoms with Crippen molar-refractivity contribution < 1.29 is 4.79 Å². The molecule has 0 saturated heterocycles. The molecule has 2 N–H and O–H groups in total. The molecule has 1 fully saturated rings. The van der Waals surface area contributed by atoms with Crippen LogP contribution < -0.4 is 5.32 Å². The van der Waals surface area contributed by atoms with E-state index >= 15 is 0 Å². The minimum atomic E-state index is -0.135. The smallest absolute Gasteiger partial charge is 0.291 e. The van der Waals surface area contributed by atoms with Gasteiger partial charge < -0.3 is 5.32 Å².